The molecule has 4 heteroatoms. The highest BCUT2D eigenvalue weighted by Crippen LogP contribution is 2.30. The first-order valence-corrected chi connectivity index (χ1v) is 9.51. The molecular weight excluding hydrogens is 340 g/mol. The van der Waals surface area contributed by atoms with Crippen LogP contribution in [0.5, 0.6) is 0 Å². The van der Waals surface area contributed by atoms with E-state index in [0.717, 1.165) is 16.8 Å². The maximum atomic E-state index is 12.3. The van der Waals surface area contributed by atoms with Gasteiger partial charge >= 0.3 is 0 Å². The lowest BCUT2D eigenvalue weighted by Gasteiger charge is -2.18. The van der Waals surface area contributed by atoms with Crippen LogP contribution >= 0.6 is 11.8 Å². The Morgan fingerprint density at radius 2 is 1.73 bits per heavy atom. The van der Waals surface area contributed by atoms with Gasteiger partial charge in [0.2, 0.25) is 0 Å². The van der Waals surface area contributed by atoms with Gasteiger partial charge in [0.15, 0.2) is 5.17 Å². The molecule has 1 aliphatic heterocycles. The summed E-state index contributed by atoms with van der Waals surface area (Å²) in [4.78, 5) is 17.5. The average Bonchev–Trinajstić information content (AvgIpc) is 2.89. The van der Waals surface area contributed by atoms with Crippen molar-refractivity contribution in [2.75, 3.05) is 0 Å². The molecule has 1 heterocycles. The van der Waals surface area contributed by atoms with Crippen LogP contribution in [0.15, 0.2) is 52.4 Å². The molecule has 1 aliphatic rings. The first kappa shape index (κ1) is 18.5. The van der Waals surface area contributed by atoms with Gasteiger partial charge in [-0.1, -0.05) is 62.7 Å². The number of hydrogen-bond acceptors (Lipinski definition) is 3. The highest BCUT2D eigenvalue weighted by atomic mass is 32.2. The fraction of sp³-hybridized carbons (Fsp3) is 0.273. The number of hydrogen-bond donors (Lipinski definition) is 1. The van der Waals surface area contributed by atoms with Gasteiger partial charge in [0.1, 0.15) is 0 Å². The number of aliphatic imine (C=N–C) groups is 1. The molecule has 1 amide bonds. The molecule has 0 atom stereocenters. The van der Waals surface area contributed by atoms with Crippen molar-refractivity contribution in [2.45, 2.75) is 40.0 Å². The Morgan fingerprint density at radius 3 is 2.35 bits per heavy atom. The fourth-order valence-corrected chi connectivity index (χ4v) is 3.59. The quantitative estimate of drug-likeness (QED) is 0.716. The van der Waals surface area contributed by atoms with Crippen molar-refractivity contribution in [1.29, 1.82) is 0 Å². The van der Waals surface area contributed by atoms with E-state index in [2.05, 4.69) is 68.3 Å². The summed E-state index contributed by atoms with van der Waals surface area (Å²) in [6.45, 7) is 10.7. The van der Waals surface area contributed by atoms with Crippen LogP contribution in [0.3, 0.4) is 0 Å². The molecular formula is C22H24N2OS. The van der Waals surface area contributed by atoms with E-state index < -0.39 is 0 Å². The number of benzene rings is 2. The van der Waals surface area contributed by atoms with Gasteiger partial charge in [-0.2, -0.15) is 0 Å². The van der Waals surface area contributed by atoms with Crippen molar-refractivity contribution in [3.63, 3.8) is 0 Å². The Bertz CT molecular complexity index is 903. The number of carbonyl (C=O) groups is 1. The van der Waals surface area contributed by atoms with Gasteiger partial charge in [-0.15, -0.1) is 0 Å². The van der Waals surface area contributed by atoms with E-state index in [9.17, 15) is 4.79 Å². The molecule has 0 saturated carbocycles. The maximum absolute atomic E-state index is 12.3. The van der Waals surface area contributed by atoms with Gasteiger partial charge in [-0.25, -0.2) is 4.99 Å². The Kier molecular flexibility index (Phi) is 5.05. The largest absolute Gasteiger partial charge is 0.300 e. The minimum atomic E-state index is -0.0987. The molecule has 2 aromatic rings. The average molecular weight is 365 g/mol. The van der Waals surface area contributed by atoms with Crippen LogP contribution in [-0.2, 0) is 10.2 Å². The topological polar surface area (TPSA) is 41.5 Å². The van der Waals surface area contributed by atoms with E-state index >= 15 is 0 Å². The molecule has 1 saturated heterocycles. The van der Waals surface area contributed by atoms with Gasteiger partial charge in [0.25, 0.3) is 5.91 Å². The van der Waals surface area contributed by atoms with Crippen molar-refractivity contribution in [1.82, 2.24) is 5.32 Å². The smallest absolute Gasteiger partial charge is 0.264 e. The van der Waals surface area contributed by atoms with E-state index in [1.807, 2.05) is 25.1 Å². The molecule has 0 unspecified atom stereocenters. The summed E-state index contributed by atoms with van der Waals surface area (Å²) >= 11 is 1.38. The minimum absolute atomic E-state index is 0.0987. The lowest BCUT2D eigenvalue weighted by molar-refractivity contribution is -0.115. The molecule has 0 bridgehead atoms. The van der Waals surface area contributed by atoms with Crippen molar-refractivity contribution in [3.05, 3.63) is 69.6 Å². The van der Waals surface area contributed by atoms with E-state index in [1.165, 1.54) is 22.9 Å². The van der Waals surface area contributed by atoms with Gasteiger partial charge in [-0.05, 0) is 59.9 Å². The van der Waals surface area contributed by atoms with Crippen LogP contribution in [0.4, 0.5) is 5.69 Å². The van der Waals surface area contributed by atoms with Crippen LogP contribution in [0, 0.1) is 13.8 Å². The van der Waals surface area contributed by atoms with Crippen molar-refractivity contribution in [2.24, 2.45) is 4.99 Å². The zero-order valence-electron chi connectivity index (χ0n) is 15.9. The second-order valence-electron chi connectivity index (χ2n) is 7.64. The van der Waals surface area contributed by atoms with E-state index in [1.54, 1.807) is 0 Å². The molecule has 0 aromatic heterocycles. The van der Waals surface area contributed by atoms with Gasteiger partial charge in [-0.3, -0.25) is 4.79 Å². The zero-order chi connectivity index (χ0) is 18.9. The Morgan fingerprint density at radius 1 is 1.04 bits per heavy atom. The third-order valence-electron chi connectivity index (χ3n) is 4.30. The summed E-state index contributed by atoms with van der Waals surface area (Å²) in [5.41, 5.74) is 5.60. The van der Waals surface area contributed by atoms with Gasteiger partial charge < -0.3 is 5.32 Å². The summed E-state index contributed by atoms with van der Waals surface area (Å²) < 4.78 is 0. The number of amidine groups is 1. The first-order chi connectivity index (χ1) is 12.2. The lowest BCUT2D eigenvalue weighted by atomic mass is 9.87. The molecule has 1 fully saturated rings. The second-order valence-corrected chi connectivity index (χ2v) is 8.67. The summed E-state index contributed by atoms with van der Waals surface area (Å²) in [6, 6.07) is 14.5. The first-order valence-electron chi connectivity index (χ1n) is 8.70. The van der Waals surface area contributed by atoms with Crippen LogP contribution in [-0.4, -0.2) is 11.1 Å². The highest BCUT2D eigenvalue weighted by molar-refractivity contribution is 8.18. The van der Waals surface area contributed by atoms with E-state index in [-0.39, 0.29) is 11.3 Å². The minimum Gasteiger partial charge on any atom is -0.300 e. The standard InChI is InChI=1S/C22H24N2OS/c1-14-6-11-18(15(2)12-14)23-21-24-20(25)19(26-21)13-16-7-9-17(10-8-16)22(3,4)5/h6-13H,1-5H3,(H,23,24,25). The monoisotopic (exact) mass is 364 g/mol. The molecule has 26 heavy (non-hydrogen) atoms. The summed E-state index contributed by atoms with van der Waals surface area (Å²) in [5, 5.41) is 3.48. The number of amides is 1. The normalized spacial score (nSPS) is 17.8. The van der Waals surface area contributed by atoms with Crippen LogP contribution < -0.4 is 5.32 Å². The van der Waals surface area contributed by atoms with E-state index in [4.69, 9.17) is 0 Å². The van der Waals surface area contributed by atoms with Gasteiger partial charge in [0.05, 0.1) is 10.6 Å². The molecule has 0 radical (unpaired) electrons. The summed E-state index contributed by atoms with van der Waals surface area (Å²) in [5.74, 6) is -0.0987. The van der Waals surface area contributed by atoms with Crippen LogP contribution in [0.1, 0.15) is 43.0 Å². The number of thioether (sulfide) groups is 1. The van der Waals surface area contributed by atoms with Crippen molar-refractivity contribution < 1.29 is 4.79 Å². The molecule has 0 aliphatic carbocycles. The van der Waals surface area contributed by atoms with Crippen LogP contribution in [0.25, 0.3) is 6.08 Å². The molecule has 3 nitrogen and oxygen atoms in total. The molecule has 0 spiro atoms. The fourth-order valence-electron chi connectivity index (χ4n) is 2.75. The number of nitrogens with zero attached hydrogens (tertiary/aromatic N) is 1. The third kappa shape index (κ3) is 4.25. The molecule has 134 valence electrons. The Balaban J connectivity index is 1.81. The van der Waals surface area contributed by atoms with Crippen LogP contribution in [0.2, 0.25) is 0 Å². The van der Waals surface area contributed by atoms with Crippen molar-refractivity contribution >= 4 is 34.6 Å². The third-order valence-corrected chi connectivity index (χ3v) is 5.21. The highest BCUT2D eigenvalue weighted by Gasteiger charge is 2.24. The molecule has 2 aromatic carbocycles. The predicted molar refractivity (Wildman–Crippen MR) is 112 cm³/mol. The maximum Gasteiger partial charge on any atom is 0.264 e. The number of aryl methyl sites for hydroxylation is 2. The second kappa shape index (κ2) is 7.12. The van der Waals surface area contributed by atoms with E-state index in [0.29, 0.717) is 10.1 Å². The lowest BCUT2D eigenvalue weighted by Crippen LogP contribution is -2.19. The number of nitrogens with one attached hydrogen (secondary N) is 1. The summed E-state index contributed by atoms with van der Waals surface area (Å²) in [7, 11) is 0. The zero-order valence-corrected chi connectivity index (χ0v) is 16.7. The molecule has 1 N–H and O–H groups in total. The van der Waals surface area contributed by atoms with Gasteiger partial charge in [0, 0.05) is 0 Å². The Hall–Kier alpha value is -2.33. The number of carbonyl (C=O) groups excluding carboxylic acids is 1. The van der Waals surface area contributed by atoms with Crippen molar-refractivity contribution in [3.8, 4) is 0 Å². The Labute approximate surface area is 159 Å². The number of rotatable bonds is 2. The summed E-state index contributed by atoms with van der Waals surface area (Å²) in [6.07, 6.45) is 1.91. The SMILES string of the molecule is Cc1ccc(N=C2NC(=O)C(=Cc3ccc(C(C)(C)C)cc3)S2)c(C)c1. The predicted octanol–water partition coefficient (Wildman–Crippen LogP) is 5.49. The molecule has 3 rings (SSSR count).